The van der Waals surface area contributed by atoms with Gasteiger partial charge in [-0.1, -0.05) is 59.2 Å². The van der Waals surface area contributed by atoms with Gasteiger partial charge in [-0.05, 0) is 18.1 Å². The molecule has 0 N–H and O–H groups in total. The molecule has 0 aliphatic carbocycles. The molecular weight excluding hydrogens is 225 g/mol. The fourth-order valence-corrected chi connectivity index (χ4v) is 1.28. The molecule has 0 aliphatic heterocycles. The predicted octanol–water partition coefficient (Wildman–Crippen LogP) is 5.71. The predicted molar refractivity (Wildman–Crippen MR) is 68.1 cm³/mol. The van der Waals surface area contributed by atoms with Gasteiger partial charge in [0.1, 0.15) is 0 Å². The van der Waals surface area contributed by atoms with Crippen LogP contribution in [0.5, 0.6) is 0 Å². The molecule has 0 heterocycles. The largest absolute Gasteiger partial charge is 0.416 e. The van der Waals surface area contributed by atoms with E-state index in [1.807, 2.05) is 34.6 Å². The van der Waals surface area contributed by atoms with Gasteiger partial charge < -0.3 is 0 Å². The molecule has 0 radical (unpaired) electrons. The SMILES string of the molecule is CC.CC.CCCc1ccccc1C(F)(F)F. The van der Waals surface area contributed by atoms with E-state index in [0.29, 0.717) is 12.0 Å². The first kappa shape index (κ1) is 18.4. The molecule has 0 unspecified atom stereocenters. The quantitative estimate of drug-likeness (QED) is 0.628. The molecule has 1 rings (SSSR count). The van der Waals surface area contributed by atoms with Crippen LogP contribution in [-0.2, 0) is 12.6 Å². The molecule has 0 nitrogen and oxygen atoms in total. The highest BCUT2D eigenvalue weighted by molar-refractivity contribution is 5.29. The zero-order valence-corrected chi connectivity index (χ0v) is 11.4. The molecule has 0 bridgehead atoms. The van der Waals surface area contributed by atoms with Gasteiger partial charge in [0.25, 0.3) is 0 Å². The van der Waals surface area contributed by atoms with Crippen LogP contribution in [0.4, 0.5) is 13.2 Å². The lowest BCUT2D eigenvalue weighted by Crippen LogP contribution is -2.08. The summed E-state index contributed by atoms with van der Waals surface area (Å²) in [6.45, 7) is 9.87. The van der Waals surface area contributed by atoms with E-state index < -0.39 is 11.7 Å². The molecule has 3 heteroatoms. The van der Waals surface area contributed by atoms with Gasteiger partial charge in [-0.15, -0.1) is 0 Å². The minimum atomic E-state index is -4.22. The molecule has 0 saturated heterocycles. The van der Waals surface area contributed by atoms with Crippen molar-refractivity contribution in [2.75, 3.05) is 0 Å². The first-order valence-corrected chi connectivity index (χ1v) is 6.20. The minimum Gasteiger partial charge on any atom is -0.166 e. The molecule has 100 valence electrons. The number of hydrogen-bond donors (Lipinski definition) is 0. The molecule has 0 atom stereocenters. The van der Waals surface area contributed by atoms with E-state index in [0.717, 1.165) is 12.5 Å². The number of hydrogen-bond acceptors (Lipinski definition) is 0. The van der Waals surface area contributed by atoms with Crippen molar-refractivity contribution in [3.05, 3.63) is 35.4 Å². The van der Waals surface area contributed by atoms with E-state index in [4.69, 9.17) is 0 Å². The third kappa shape index (κ3) is 7.03. The van der Waals surface area contributed by atoms with Crippen LogP contribution in [0.15, 0.2) is 24.3 Å². The Bertz CT molecular complexity index is 277. The topological polar surface area (TPSA) is 0 Å². The van der Waals surface area contributed by atoms with Crippen LogP contribution < -0.4 is 0 Å². The van der Waals surface area contributed by atoms with Crippen LogP contribution in [0.1, 0.15) is 52.2 Å². The van der Waals surface area contributed by atoms with E-state index in [9.17, 15) is 13.2 Å². The maximum atomic E-state index is 12.4. The molecule has 0 spiro atoms. The van der Waals surface area contributed by atoms with Crippen molar-refractivity contribution in [1.82, 2.24) is 0 Å². The van der Waals surface area contributed by atoms with Crippen LogP contribution in [0.2, 0.25) is 0 Å². The van der Waals surface area contributed by atoms with Gasteiger partial charge in [0.15, 0.2) is 0 Å². The van der Waals surface area contributed by atoms with Crippen molar-refractivity contribution in [2.24, 2.45) is 0 Å². The molecule has 0 amide bonds. The van der Waals surface area contributed by atoms with E-state index in [2.05, 4.69) is 0 Å². The summed E-state index contributed by atoms with van der Waals surface area (Å²) in [4.78, 5) is 0. The lowest BCUT2D eigenvalue weighted by atomic mass is 10.0. The first-order chi connectivity index (χ1) is 8.05. The Morgan fingerprint density at radius 2 is 1.41 bits per heavy atom. The second-order valence-corrected chi connectivity index (χ2v) is 2.90. The number of alkyl halides is 3. The molecule has 17 heavy (non-hydrogen) atoms. The Labute approximate surface area is 103 Å². The summed E-state index contributed by atoms with van der Waals surface area (Å²) in [5.74, 6) is 0. The number of benzene rings is 1. The zero-order chi connectivity index (χ0) is 13.9. The van der Waals surface area contributed by atoms with Crippen LogP contribution in [0, 0.1) is 0 Å². The lowest BCUT2D eigenvalue weighted by Gasteiger charge is -2.11. The van der Waals surface area contributed by atoms with Gasteiger partial charge in [-0.3, -0.25) is 0 Å². The van der Waals surface area contributed by atoms with Crippen LogP contribution >= 0.6 is 0 Å². The minimum absolute atomic E-state index is 0.387. The second kappa shape index (κ2) is 10.2. The lowest BCUT2D eigenvalue weighted by molar-refractivity contribution is -0.138. The normalized spacial score (nSPS) is 9.65. The zero-order valence-electron chi connectivity index (χ0n) is 11.4. The fraction of sp³-hybridized carbons (Fsp3) is 0.571. The summed E-state index contributed by atoms with van der Waals surface area (Å²) in [5, 5.41) is 0. The van der Waals surface area contributed by atoms with E-state index >= 15 is 0 Å². The van der Waals surface area contributed by atoms with Gasteiger partial charge in [-0.2, -0.15) is 13.2 Å². The van der Waals surface area contributed by atoms with Crippen LogP contribution in [0.25, 0.3) is 0 Å². The highest BCUT2D eigenvalue weighted by Gasteiger charge is 2.32. The Kier molecular flexibility index (Phi) is 11.0. The molecule has 0 aliphatic rings. The van der Waals surface area contributed by atoms with Crippen molar-refractivity contribution in [1.29, 1.82) is 0 Å². The fourth-order valence-electron chi connectivity index (χ4n) is 1.28. The summed E-state index contributed by atoms with van der Waals surface area (Å²) in [6, 6.07) is 5.72. The Balaban J connectivity index is 0. The van der Waals surface area contributed by atoms with E-state index in [1.54, 1.807) is 6.07 Å². The average molecular weight is 248 g/mol. The summed E-state index contributed by atoms with van der Waals surface area (Å²) in [6.07, 6.45) is -3.01. The molecule has 0 aromatic heterocycles. The maximum Gasteiger partial charge on any atom is 0.416 e. The molecule has 0 fully saturated rings. The van der Waals surface area contributed by atoms with Crippen LogP contribution in [-0.4, -0.2) is 0 Å². The third-order valence-corrected chi connectivity index (χ3v) is 1.84. The van der Waals surface area contributed by atoms with Gasteiger partial charge in [-0.25, -0.2) is 0 Å². The van der Waals surface area contributed by atoms with Crippen molar-refractivity contribution in [3.63, 3.8) is 0 Å². The first-order valence-electron chi connectivity index (χ1n) is 6.20. The molecular formula is C14H23F3. The van der Waals surface area contributed by atoms with Crippen molar-refractivity contribution < 1.29 is 13.2 Å². The van der Waals surface area contributed by atoms with Crippen molar-refractivity contribution in [3.8, 4) is 0 Å². The average Bonchev–Trinajstić information content (AvgIpc) is 2.34. The summed E-state index contributed by atoms with van der Waals surface area (Å²) >= 11 is 0. The highest BCUT2D eigenvalue weighted by atomic mass is 19.4. The Morgan fingerprint density at radius 1 is 0.941 bits per heavy atom. The van der Waals surface area contributed by atoms with Crippen molar-refractivity contribution in [2.45, 2.75) is 53.6 Å². The standard InChI is InChI=1S/C10H11F3.2C2H6/c1-2-5-8-6-3-4-7-9(8)10(11,12)13;2*1-2/h3-4,6-7H,2,5H2,1H3;2*1-2H3. The second-order valence-electron chi connectivity index (χ2n) is 2.90. The summed E-state index contributed by atoms with van der Waals surface area (Å²) in [5.41, 5.74) is -0.116. The van der Waals surface area contributed by atoms with E-state index in [-0.39, 0.29) is 0 Å². The van der Waals surface area contributed by atoms with Crippen molar-refractivity contribution >= 4 is 0 Å². The molecule has 1 aromatic carbocycles. The van der Waals surface area contributed by atoms with Gasteiger partial charge in [0, 0.05) is 0 Å². The third-order valence-electron chi connectivity index (χ3n) is 1.84. The Hall–Kier alpha value is -0.990. The monoisotopic (exact) mass is 248 g/mol. The highest BCUT2D eigenvalue weighted by Crippen LogP contribution is 2.32. The number of rotatable bonds is 2. The van der Waals surface area contributed by atoms with E-state index in [1.165, 1.54) is 12.1 Å². The smallest absolute Gasteiger partial charge is 0.166 e. The van der Waals surface area contributed by atoms with Crippen LogP contribution in [0.3, 0.4) is 0 Å². The van der Waals surface area contributed by atoms with Gasteiger partial charge in [0.2, 0.25) is 0 Å². The van der Waals surface area contributed by atoms with Gasteiger partial charge >= 0.3 is 6.18 Å². The summed E-state index contributed by atoms with van der Waals surface area (Å²) < 4.78 is 37.1. The molecule has 1 aromatic rings. The molecule has 0 saturated carbocycles. The summed E-state index contributed by atoms with van der Waals surface area (Å²) in [7, 11) is 0. The number of aryl methyl sites for hydroxylation is 1. The number of halogens is 3. The maximum absolute atomic E-state index is 12.4. The van der Waals surface area contributed by atoms with Gasteiger partial charge in [0.05, 0.1) is 5.56 Å². The Morgan fingerprint density at radius 3 is 1.82 bits per heavy atom.